The number of nitro groups is 1. The summed E-state index contributed by atoms with van der Waals surface area (Å²) < 4.78 is 0. The van der Waals surface area contributed by atoms with E-state index >= 15 is 0 Å². The Hall–Kier alpha value is -2.48. The van der Waals surface area contributed by atoms with E-state index in [1.807, 2.05) is 12.3 Å². The third kappa shape index (κ3) is 3.16. The van der Waals surface area contributed by atoms with Crippen LogP contribution in [0.25, 0.3) is 0 Å². The number of hydrogen-bond donors (Lipinski definition) is 2. The summed E-state index contributed by atoms with van der Waals surface area (Å²) in [7, 11) is 0. The second-order valence-electron chi connectivity index (χ2n) is 4.30. The Morgan fingerprint density at radius 2 is 2.33 bits per heavy atom. The first-order chi connectivity index (χ1) is 10.0. The smallest absolute Gasteiger partial charge is 0.292 e. The molecule has 0 spiro atoms. The second kappa shape index (κ2) is 6.31. The molecular formula is C13H14N4O3S. The average Bonchev–Trinajstić information content (AvgIpc) is 2.98. The van der Waals surface area contributed by atoms with Gasteiger partial charge in [0.05, 0.1) is 16.5 Å². The van der Waals surface area contributed by atoms with Gasteiger partial charge in [0.2, 0.25) is 0 Å². The fourth-order valence-electron chi connectivity index (χ4n) is 1.89. The maximum absolute atomic E-state index is 12.3. The number of para-hydroxylation sites is 1. The van der Waals surface area contributed by atoms with Gasteiger partial charge in [0, 0.05) is 17.6 Å². The highest BCUT2D eigenvalue weighted by molar-refractivity contribution is 7.09. The molecule has 0 bridgehead atoms. The lowest BCUT2D eigenvalue weighted by molar-refractivity contribution is -0.383. The van der Waals surface area contributed by atoms with Gasteiger partial charge in [-0.15, -0.1) is 11.3 Å². The number of thiazole rings is 1. The molecule has 1 unspecified atom stereocenters. The molecule has 0 fully saturated rings. The maximum Gasteiger partial charge on any atom is 0.292 e. The third-order valence-electron chi connectivity index (χ3n) is 2.99. The van der Waals surface area contributed by atoms with Crippen LogP contribution in [0.3, 0.4) is 0 Å². The number of hydrogen-bond acceptors (Lipinski definition) is 6. The van der Waals surface area contributed by atoms with E-state index in [4.69, 9.17) is 5.73 Å². The van der Waals surface area contributed by atoms with Crippen LogP contribution >= 0.6 is 11.3 Å². The molecule has 8 heteroatoms. The highest BCUT2D eigenvalue weighted by Gasteiger charge is 2.22. The molecule has 110 valence electrons. The number of aromatic nitrogens is 1. The lowest BCUT2D eigenvalue weighted by atomic mass is 10.1. The Morgan fingerprint density at radius 3 is 2.90 bits per heavy atom. The van der Waals surface area contributed by atoms with Crippen molar-refractivity contribution in [3.63, 3.8) is 0 Å². The SMILES string of the molecule is CCC(NC(=O)c1cccc([N+](=O)[O-])c1N)c1nccs1. The molecule has 0 aliphatic carbocycles. The molecular weight excluding hydrogens is 292 g/mol. The monoisotopic (exact) mass is 306 g/mol. The van der Waals surface area contributed by atoms with Crippen molar-refractivity contribution in [3.05, 3.63) is 50.5 Å². The van der Waals surface area contributed by atoms with E-state index in [1.54, 1.807) is 6.20 Å². The minimum absolute atomic E-state index is 0.0965. The normalized spacial score (nSPS) is 11.9. The van der Waals surface area contributed by atoms with Gasteiger partial charge >= 0.3 is 0 Å². The molecule has 1 amide bonds. The van der Waals surface area contributed by atoms with E-state index in [2.05, 4.69) is 10.3 Å². The van der Waals surface area contributed by atoms with Gasteiger partial charge in [0.15, 0.2) is 0 Å². The first-order valence-corrected chi connectivity index (χ1v) is 7.15. The van der Waals surface area contributed by atoms with Crippen LogP contribution in [-0.2, 0) is 0 Å². The summed E-state index contributed by atoms with van der Waals surface area (Å²) in [5.74, 6) is -0.446. The first-order valence-electron chi connectivity index (χ1n) is 6.27. The fourth-order valence-corrected chi connectivity index (χ4v) is 2.66. The van der Waals surface area contributed by atoms with Crippen molar-refractivity contribution in [2.24, 2.45) is 0 Å². The van der Waals surface area contributed by atoms with Gasteiger partial charge in [-0.25, -0.2) is 4.98 Å². The summed E-state index contributed by atoms with van der Waals surface area (Å²) in [5.41, 5.74) is 5.40. The van der Waals surface area contributed by atoms with Gasteiger partial charge in [0.1, 0.15) is 10.7 Å². The standard InChI is InChI=1S/C13H14N4O3S/c1-2-9(13-15-6-7-21-13)16-12(18)8-4-3-5-10(11(8)14)17(19)20/h3-7,9H,2,14H2,1H3,(H,16,18). The predicted octanol–water partition coefficient (Wildman–Crippen LogP) is 2.51. The van der Waals surface area contributed by atoms with Gasteiger partial charge in [-0.3, -0.25) is 14.9 Å². The number of nitrogens with two attached hydrogens (primary N) is 1. The van der Waals surface area contributed by atoms with Crippen LogP contribution in [0.4, 0.5) is 11.4 Å². The van der Waals surface area contributed by atoms with Crippen LogP contribution in [0.2, 0.25) is 0 Å². The highest BCUT2D eigenvalue weighted by Crippen LogP contribution is 2.26. The van der Waals surface area contributed by atoms with Crippen LogP contribution in [-0.4, -0.2) is 15.8 Å². The molecule has 7 nitrogen and oxygen atoms in total. The fraction of sp³-hybridized carbons (Fsp3) is 0.231. The molecule has 1 atom stereocenters. The summed E-state index contributed by atoms with van der Waals surface area (Å²) in [5, 5.41) is 16.3. The topological polar surface area (TPSA) is 111 Å². The zero-order valence-electron chi connectivity index (χ0n) is 11.3. The molecule has 21 heavy (non-hydrogen) atoms. The van der Waals surface area contributed by atoms with Crippen molar-refractivity contribution in [3.8, 4) is 0 Å². The summed E-state index contributed by atoms with van der Waals surface area (Å²) >= 11 is 1.44. The summed E-state index contributed by atoms with van der Waals surface area (Å²) in [6.07, 6.45) is 2.32. The Morgan fingerprint density at radius 1 is 1.57 bits per heavy atom. The van der Waals surface area contributed by atoms with E-state index in [1.165, 1.54) is 29.5 Å². The van der Waals surface area contributed by atoms with Gasteiger partial charge in [-0.1, -0.05) is 13.0 Å². The maximum atomic E-state index is 12.3. The number of benzene rings is 1. The molecule has 0 aliphatic rings. The van der Waals surface area contributed by atoms with Crippen LogP contribution in [0.5, 0.6) is 0 Å². The molecule has 2 rings (SSSR count). The highest BCUT2D eigenvalue weighted by atomic mass is 32.1. The molecule has 0 radical (unpaired) electrons. The molecule has 1 heterocycles. The Kier molecular flexibility index (Phi) is 4.49. The minimum atomic E-state index is -0.607. The van der Waals surface area contributed by atoms with Gasteiger partial charge < -0.3 is 11.1 Å². The molecule has 0 aliphatic heterocycles. The van der Waals surface area contributed by atoms with Crippen molar-refractivity contribution in [1.29, 1.82) is 0 Å². The van der Waals surface area contributed by atoms with E-state index < -0.39 is 10.8 Å². The average molecular weight is 306 g/mol. The van der Waals surface area contributed by atoms with Crippen molar-refractivity contribution >= 4 is 28.6 Å². The molecule has 1 aromatic carbocycles. The summed E-state index contributed by atoms with van der Waals surface area (Å²) in [6.45, 7) is 1.92. The van der Waals surface area contributed by atoms with Crippen LogP contribution in [0.15, 0.2) is 29.8 Å². The zero-order valence-corrected chi connectivity index (χ0v) is 12.1. The molecule has 0 saturated heterocycles. The second-order valence-corrected chi connectivity index (χ2v) is 5.23. The zero-order chi connectivity index (χ0) is 15.4. The Bertz CT molecular complexity index is 657. The predicted molar refractivity (Wildman–Crippen MR) is 80.1 cm³/mol. The lowest BCUT2D eigenvalue weighted by Crippen LogP contribution is -2.28. The van der Waals surface area contributed by atoms with Crippen LogP contribution < -0.4 is 11.1 Å². The lowest BCUT2D eigenvalue weighted by Gasteiger charge is -2.15. The summed E-state index contributed by atoms with van der Waals surface area (Å²) in [4.78, 5) is 26.7. The van der Waals surface area contributed by atoms with E-state index in [0.717, 1.165) is 5.01 Å². The van der Waals surface area contributed by atoms with Crippen molar-refractivity contribution in [2.75, 3.05) is 5.73 Å². The number of nitro benzene ring substituents is 1. The van der Waals surface area contributed by atoms with Gasteiger partial charge in [-0.05, 0) is 12.5 Å². The molecule has 3 N–H and O–H groups in total. The number of rotatable bonds is 5. The number of nitrogens with one attached hydrogen (secondary N) is 1. The number of nitrogen functional groups attached to an aromatic ring is 1. The summed E-state index contributed by atoms with van der Waals surface area (Å²) in [6, 6.07) is 3.93. The number of carbonyl (C=O) groups excluding carboxylic acids is 1. The number of amides is 1. The van der Waals surface area contributed by atoms with Gasteiger partial charge in [-0.2, -0.15) is 0 Å². The van der Waals surface area contributed by atoms with Crippen molar-refractivity contribution in [2.45, 2.75) is 19.4 Å². The largest absolute Gasteiger partial charge is 0.393 e. The number of anilines is 1. The van der Waals surface area contributed by atoms with E-state index in [9.17, 15) is 14.9 Å². The molecule has 2 aromatic rings. The van der Waals surface area contributed by atoms with Crippen molar-refractivity contribution < 1.29 is 9.72 Å². The van der Waals surface area contributed by atoms with E-state index in [0.29, 0.717) is 6.42 Å². The van der Waals surface area contributed by atoms with Gasteiger partial charge in [0.25, 0.3) is 11.6 Å². The number of nitrogens with zero attached hydrogens (tertiary/aromatic N) is 2. The molecule has 0 saturated carbocycles. The third-order valence-corrected chi connectivity index (χ3v) is 3.88. The van der Waals surface area contributed by atoms with Crippen LogP contribution in [0.1, 0.15) is 34.8 Å². The van der Waals surface area contributed by atoms with Crippen molar-refractivity contribution in [1.82, 2.24) is 10.3 Å². The Labute approximate surface area is 125 Å². The Balaban J connectivity index is 2.24. The minimum Gasteiger partial charge on any atom is -0.393 e. The molecule has 1 aromatic heterocycles. The first kappa shape index (κ1) is 14.9. The quantitative estimate of drug-likeness (QED) is 0.501. The van der Waals surface area contributed by atoms with Crippen LogP contribution in [0, 0.1) is 10.1 Å². The van der Waals surface area contributed by atoms with E-state index in [-0.39, 0.29) is 23.0 Å². The number of carbonyl (C=O) groups is 1.